The van der Waals surface area contributed by atoms with Gasteiger partial charge >= 0.3 is 0 Å². The van der Waals surface area contributed by atoms with Crippen molar-refractivity contribution in [1.29, 1.82) is 0 Å². The summed E-state index contributed by atoms with van der Waals surface area (Å²) < 4.78 is 11.6. The van der Waals surface area contributed by atoms with Crippen molar-refractivity contribution in [2.45, 2.75) is 6.92 Å². The number of methoxy groups -OCH3 is 2. The number of carbonyl (C=O) groups excluding carboxylic acids is 1. The van der Waals surface area contributed by atoms with Crippen LogP contribution in [0.25, 0.3) is 10.9 Å². The molecule has 0 saturated carbocycles. The van der Waals surface area contributed by atoms with Gasteiger partial charge in [-0.15, -0.1) is 0 Å². The summed E-state index contributed by atoms with van der Waals surface area (Å²) in [5.41, 5.74) is 3.06. The van der Waals surface area contributed by atoms with Crippen LogP contribution in [0.2, 0.25) is 0 Å². The fourth-order valence-corrected chi connectivity index (χ4v) is 2.60. The third-order valence-electron chi connectivity index (χ3n) is 3.80. The third kappa shape index (κ3) is 2.91. The smallest absolute Gasteiger partial charge is 0.280 e. The first-order valence-electron chi connectivity index (χ1n) is 7.57. The number of fused-ring (bicyclic) bond motifs is 1. The lowest BCUT2D eigenvalue weighted by atomic mass is 10.1. The molecule has 0 saturated heterocycles. The Morgan fingerprint density at radius 1 is 1.08 bits per heavy atom. The van der Waals surface area contributed by atoms with E-state index in [1.165, 1.54) is 14.2 Å². The fraction of sp³-hybridized carbons (Fsp3) is 0.167. The van der Waals surface area contributed by atoms with Gasteiger partial charge in [0.1, 0.15) is 5.82 Å². The van der Waals surface area contributed by atoms with Gasteiger partial charge in [-0.25, -0.2) is 9.66 Å². The van der Waals surface area contributed by atoms with Crippen LogP contribution in [0.5, 0.6) is 11.5 Å². The molecule has 1 N–H and O–H groups in total. The third-order valence-corrected chi connectivity index (χ3v) is 3.80. The monoisotopic (exact) mass is 339 g/mol. The normalized spacial score (nSPS) is 10.5. The molecule has 3 rings (SSSR count). The molecule has 128 valence electrons. The van der Waals surface area contributed by atoms with Crippen molar-refractivity contribution < 1.29 is 14.3 Å². The number of para-hydroxylation sites is 2. The van der Waals surface area contributed by atoms with Crippen molar-refractivity contribution in [1.82, 2.24) is 9.66 Å². The molecule has 1 heterocycles. The van der Waals surface area contributed by atoms with Crippen molar-refractivity contribution in [3.8, 4) is 11.5 Å². The van der Waals surface area contributed by atoms with Crippen LogP contribution in [0.3, 0.4) is 0 Å². The molecule has 0 atom stereocenters. The van der Waals surface area contributed by atoms with Gasteiger partial charge < -0.3 is 9.47 Å². The number of aryl methyl sites for hydroxylation is 1. The number of aromatic nitrogens is 2. The van der Waals surface area contributed by atoms with E-state index in [9.17, 15) is 9.59 Å². The average molecular weight is 339 g/mol. The molecule has 0 aliphatic heterocycles. The lowest BCUT2D eigenvalue weighted by Gasteiger charge is -2.15. The minimum absolute atomic E-state index is 0.251. The van der Waals surface area contributed by atoms with E-state index in [1.807, 2.05) is 0 Å². The Kier molecular flexibility index (Phi) is 4.38. The zero-order chi connectivity index (χ0) is 18.0. The zero-order valence-electron chi connectivity index (χ0n) is 14.1. The van der Waals surface area contributed by atoms with Crippen LogP contribution in [0, 0.1) is 6.92 Å². The van der Waals surface area contributed by atoms with Gasteiger partial charge in [0.05, 0.1) is 30.7 Å². The molecular formula is C18H17N3O4. The number of amides is 1. The predicted octanol–water partition coefficient (Wildman–Crippen LogP) is 2.11. The van der Waals surface area contributed by atoms with E-state index in [-0.39, 0.29) is 11.1 Å². The highest BCUT2D eigenvalue weighted by Gasteiger charge is 2.18. The molecule has 7 heteroatoms. The maximum Gasteiger partial charge on any atom is 0.280 e. The van der Waals surface area contributed by atoms with Crippen LogP contribution in [0.15, 0.2) is 47.3 Å². The predicted molar refractivity (Wildman–Crippen MR) is 94.0 cm³/mol. The second-order valence-corrected chi connectivity index (χ2v) is 5.30. The number of hydrogen-bond acceptors (Lipinski definition) is 5. The van der Waals surface area contributed by atoms with Crippen molar-refractivity contribution in [2.75, 3.05) is 19.6 Å². The summed E-state index contributed by atoms with van der Waals surface area (Å²) in [7, 11) is 2.94. The van der Waals surface area contributed by atoms with Gasteiger partial charge in [0.2, 0.25) is 0 Å². The number of hydrogen-bond donors (Lipinski definition) is 1. The van der Waals surface area contributed by atoms with E-state index in [1.54, 1.807) is 49.4 Å². The molecule has 0 fully saturated rings. The largest absolute Gasteiger partial charge is 0.493 e. The number of benzene rings is 2. The Bertz CT molecular complexity index is 1010. The van der Waals surface area contributed by atoms with Gasteiger partial charge in [-0.2, -0.15) is 0 Å². The quantitative estimate of drug-likeness (QED) is 0.787. The van der Waals surface area contributed by atoms with E-state index in [0.29, 0.717) is 28.2 Å². The van der Waals surface area contributed by atoms with E-state index >= 15 is 0 Å². The summed E-state index contributed by atoms with van der Waals surface area (Å²) in [5.74, 6) is 0.592. The summed E-state index contributed by atoms with van der Waals surface area (Å²) in [5, 5.41) is 0.422. The lowest BCUT2D eigenvalue weighted by Crippen LogP contribution is -2.35. The topological polar surface area (TPSA) is 82.5 Å². The molecule has 0 aliphatic rings. The summed E-state index contributed by atoms with van der Waals surface area (Å²) in [6.07, 6.45) is 0. The standard InChI is InChI=1S/C18H17N3O4/c1-11-19-14-9-5-4-7-12(14)18(23)21(11)20-17(22)13-8-6-10-15(24-2)16(13)25-3/h4-10H,1-3H3,(H,20,22). The molecule has 0 unspecified atom stereocenters. The molecule has 3 aromatic rings. The Morgan fingerprint density at radius 2 is 1.84 bits per heavy atom. The molecule has 0 aliphatic carbocycles. The fourth-order valence-electron chi connectivity index (χ4n) is 2.60. The van der Waals surface area contributed by atoms with Crippen LogP contribution in [0.4, 0.5) is 0 Å². The first-order chi connectivity index (χ1) is 12.1. The van der Waals surface area contributed by atoms with Gasteiger partial charge in [0, 0.05) is 0 Å². The molecule has 0 radical (unpaired) electrons. The Hall–Kier alpha value is -3.35. The highest BCUT2D eigenvalue weighted by atomic mass is 16.5. The minimum atomic E-state index is -0.502. The van der Waals surface area contributed by atoms with Gasteiger partial charge in [-0.3, -0.25) is 15.0 Å². The summed E-state index contributed by atoms with van der Waals surface area (Å²) in [6.45, 7) is 1.65. The minimum Gasteiger partial charge on any atom is -0.493 e. The maximum absolute atomic E-state index is 12.7. The van der Waals surface area contributed by atoms with Crippen molar-refractivity contribution >= 4 is 16.8 Å². The summed E-state index contributed by atoms with van der Waals surface area (Å²) in [6, 6.07) is 11.9. The molecule has 0 bridgehead atoms. The number of rotatable bonds is 4. The number of nitrogens with zero attached hydrogens (tertiary/aromatic N) is 2. The van der Waals surface area contributed by atoms with Crippen molar-refractivity contribution in [2.24, 2.45) is 0 Å². The van der Waals surface area contributed by atoms with Crippen LogP contribution >= 0.6 is 0 Å². The molecule has 7 nitrogen and oxygen atoms in total. The van der Waals surface area contributed by atoms with E-state index in [4.69, 9.17) is 9.47 Å². The van der Waals surface area contributed by atoms with Gasteiger partial charge in [0.25, 0.3) is 11.5 Å². The molecule has 25 heavy (non-hydrogen) atoms. The Morgan fingerprint density at radius 3 is 2.56 bits per heavy atom. The van der Waals surface area contributed by atoms with Crippen LogP contribution in [-0.2, 0) is 0 Å². The van der Waals surface area contributed by atoms with E-state index in [0.717, 1.165) is 4.68 Å². The number of nitrogens with one attached hydrogen (secondary N) is 1. The molecule has 1 amide bonds. The van der Waals surface area contributed by atoms with Crippen LogP contribution in [0.1, 0.15) is 16.2 Å². The highest BCUT2D eigenvalue weighted by molar-refractivity contribution is 6.03. The van der Waals surface area contributed by atoms with Gasteiger partial charge in [-0.05, 0) is 31.2 Å². The van der Waals surface area contributed by atoms with Crippen LogP contribution < -0.4 is 20.5 Å². The lowest BCUT2D eigenvalue weighted by molar-refractivity contribution is 0.100. The summed E-state index contributed by atoms with van der Waals surface area (Å²) >= 11 is 0. The SMILES string of the molecule is COc1cccc(C(=O)Nn2c(C)nc3ccccc3c2=O)c1OC. The van der Waals surface area contributed by atoms with Crippen molar-refractivity contribution in [3.05, 3.63) is 64.2 Å². The van der Waals surface area contributed by atoms with Crippen molar-refractivity contribution in [3.63, 3.8) is 0 Å². The van der Waals surface area contributed by atoms with E-state index < -0.39 is 5.91 Å². The maximum atomic E-state index is 12.7. The Labute approximate surface area is 143 Å². The Balaban J connectivity index is 2.05. The van der Waals surface area contributed by atoms with E-state index in [2.05, 4.69) is 10.4 Å². The second-order valence-electron chi connectivity index (χ2n) is 5.30. The first-order valence-corrected chi connectivity index (χ1v) is 7.57. The zero-order valence-corrected chi connectivity index (χ0v) is 14.1. The molecule has 2 aromatic carbocycles. The second kappa shape index (κ2) is 6.64. The molecular weight excluding hydrogens is 322 g/mol. The average Bonchev–Trinajstić information content (AvgIpc) is 2.64. The van der Waals surface area contributed by atoms with Gasteiger partial charge in [0.15, 0.2) is 11.5 Å². The first kappa shape index (κ1) is 16.5. The van der Waals surface area contributed by atoms with Gasteiger partial charge in [-0.1, -0.05) is 18.2 Å². The highest BCUT2D eigenvalue weighted by Crippen LogP contribution is 2.30. The number of carbonyl (C=O) groups is 1. The molecule has 0 spiro atoms. The number of ether oxygens (including phenoxy) is 2. The molecule has 1 aromatic heterocycles. The summed E-state index contributed by atoms with van der Waals surface area (Å²) in [4.78, 5) is 29.7. The van der Waals surface area contributed by atoms with Crippen LogP contribution in [-0.4, -0.2) is 29.8 Å².